The summed E-state index contributed by atoms with van der Waals surface area (Å²) in [6.07, 6.45) is 4.48. The molecule has 3 aromatic rings. The highest BCUT2D eigenvalue weighted by Crippen LogP contribution is 2.38. The maximum Gasteiger partial charge on any atom is 0.229 e. The molecule has 1 aliphatic heterocycles. The zero-order valence-electron chi connectivity index (χ0n) is 16.5. The van der Waals surface area contributed by atoms with E-state index in [9.17, 15) is 0 Å². The van der Waals surface area contributed by atoms with Gasteiger partial charge in [0.25, 0.3) is 0 Å². The molecule has 3 heterocycles. The van der Waals surface area contributed by atoms with Gasteiger partial charge in [-0.25, -0.2) is 0 Å². The van der Waals surface area contributed by atoms with Crippen molar-refractivity contribution in [1.82, 2.24) is 20.0 Å². The molecule has 1 aromatic carbocycles. The summed E-state index contributed by atoms with van der Waals surface area (Å²) in [4.78, 5) is 14.4. The van der Waals surface area contributed by atoms with Gasteiger partial charge < -0.3 is 9.42 Å². The first-order chi connectivity index (χ1) is 13.8. The second-order valence-electron chi connectivity index (χ2n) is 7.94. The molecule has 6 heteroatoms. The monoisotopic (exact) mass is 377 g/mol. The number of hydrogen-bond acceptors (Lipinski definition) is 6. The Bertz CT molecular complexity index is 964. The quantitative estimate of drug-likeness (QED) is 0.675. The van der Waals surface area contributed by atoms with E-state index >= 15 is 0 Å². The topological polar surface area (TPSA) is 58.3 Å². The van der Waals surface area contributed by atoms with E-state index in [-0.39, 0.29) is 0 Å². The average molecular weight is 377 g/mol. The minimum Gasteiger partial charge on any atom is -0.370 e. The van der Waals surface area contributed by atoms with Crippen LogP contribution in [-0.4, -0.2) is 46.2 Å². The Morgan fingerprint density at radius 3 is 2.82 bits per heavy atom. The first-order valence-electron chi connectivity index (χ1n) is 10.5. The first-order valence-corrected chi connectivity index (χ1v) is 10.5. The molecule has 5 rings (SSSR count). The van der Waals surface area contributed by atoms with Crippen LogP contribution in [-0.2, 0) is 13.0 Å². The summed E-state index contributed by atoms with van der Waals surface area (Å²) in [6, 6.07) is 10.8. The molecule has 2 aliphatic rings. The van der Waals surface area contributed by atoms with Gasteiger partial charge in [-0.2, -0.15) is 4.98 Å². The number of para-hydroxylation sites is 1. The summed E-state index contributed by atoms with van der Waals surface area (Å²) in [5.74, 6) is 2.19. The average Bonchev–Trinajstić information content (AvgIpc) is 3.51. The van der Waals surface area contributed by atoms with Gasteiger partial charge >= 0.3 is 0 Å². The highest BCUT2D eigenvalue weighted by Gasteiger charge is 2.30. The predicted octanol–water partition coefficient (Wildman–Crippen LogP) is 3.77. The Morgan fingerprint density at radius 1 is 1.07 bits per heavy atom. The highest BCUT2D eigenvalue weighted by atomic mass is 16.5. The molecule has 1 saturated heterocycles. The fourth-order valence-corrected chi connectivity index (χ4v) is 4.05. The van der Waals surface area contributed by atoms with Crippen LogP contribution in [0.4, 0.5) is 5.69 Å². The number of rotatable bonds is 5. The summed E-state index contributed by atoms with van der Waals surface area (Å²) >= 11 is 0. The third kappa shape index (κ3) is 3.61. The molecular weight excluding hydrogens is 350 g/mol. The van der Waals surface area contributed by atoms with Crippen molar-refractivity contribution in [3.05, 3.63) is 47.7 Å². The molecule has 2 fully saturated rings. The molecule has 28 heavy (non-hydrogen) atoms. The molecule has 0 radical (unpaired) electrons. The molecule has 146 valence electrons. The van der Waals surface area contributed by atoms with Gasteiger partial charge in [-0.15, -0.1) is 0 Å². The van der Waals surface area contributed by atoms with Crippen LogP contribution in [0.3, 0.4) is 0 Å². The second kappa shape index (κ2) is 7.51. The number of fused-ring (bicyclic) bond motifs is 1. The maximum atomic E-state index is 5.42. The van der Waals surface area contributed by atoms with Gasteiger partial charge in [0.2, 0.25) is 5.89 Å². The van der Waals surface area contributed by atoms with E-state index in [4.69, 9.17) is 9.51 Å². The van der Waals surface area contributed by atoms with Crippen LogP contribution in [0, 0.1) is 0 Å². The van der Waals surface area contributed by atoms with Crippen LogP contribution >= 0.6 is 0 Å². The lowest BCUT2D eigenvalue weighted by Crippen LogP contribution is -2.31. The summed E-state index contributed by atoms with van der Waals surface area (Å²) in [5, 5.41) is 5.44. The Hall–Kier alpha value is -2.47. The Labute approximate surface area is 165 Å². The minimum absolute atomic E-state index is 0.522. The van der Waals surface area contributed by atoms with Crippen LogP contribution in [0.1, 0.15) is 49.5 Å². The molecule has 0 bridgehead atoms. The number of pyridine rings is 1. The van der Waals surface area contributed by atoms with Gasteiger partial charge in [0, 0.05) is 48.9 Å². The number of hydrogen-bond donors (Lipinski definition) is 0. The number of aromatic nitrogens is 3. The van der Waals surface area contributed by atoms with Gasteiger partial charge in [-0.3, -0.25) is 9.88 Å². The summed E-state index contributed by atoms with van der Waals surface area (Å²) in [6.45, 7) is 7.09. The van der Waals surface area contributed by atoms with Crippen molar-refractivity contribution in [1.29, 1.82) is 0 Å². The standard InChI is InChI=1S/C22H27N5O/c1-2-17-14-20(18-6-3-4-7-19(18)23-17)27-11-5-10-26(12-13-27)15-21-24-22(28-25-21)16-8-9-16/h3-4,6-7,14,16H,2,5,8-13,15H2,1H3. The van der Waals surface area contributed by atoms with Gasteiger partial charge in [0.1, 0.15) is 0 Å². The smallest absolute Gasteiger partial charge is 0.229 e. The molecule has 0 N–H and O–H groups in total. The lowest BCUT2D eigenvalue weighted by atomic mass is 10.1. The van der Waals surface area contributed by atoms with Crippen LogP contribution in [0.25, 0.3) is 10.9 Å². The predicted molar refractivity (Wildman–Crippen MR) is 110 cm³/mol. The van der Waals surface area contributed by atoms with Crippen molar-refractivity contribution in [2.45, 2.75) is 45.1 Å². The zero-order chi connectivity index (χ0) is 18.9. The van der Waals surface area contributed by atoms with E-state index in [0.29, 0.717) is 5.92 Å². The fraction of sp³-hybridized carbons (Fsp3) is 0.500. The summed E-state index contributed by atoms with van der Waals surface area (Å²) in [5.41, 5.74) is 3.58. The number of anilines is 1. The molecule has 1 aliphatic carbocycles. The number of nitrogens with zero attached hydrogens (tertiary/aromatic N) is 5. The minimum atomic E-state index is 0.522. The maximum absolute atomic E-state index is 5.42. The molecule has 2 aromatic heterocycles. The van der Waals surface area contributed by atoms with E-state index in [2.05, 4.69) is 57.2 Å². The van der Waals surface area contributed by atoms with Crippen molar-refractivity contribution >= 4 is 16.6 Å². The number of aryl methyl sites for hydroxylation is 1. The summed E-state index contributed by atoms with van der Waals surface area (Å²) < 4.78 is 5.42. The van der Waals surface area contributed by atoms with Crippen LogP contribution in [0.5, 0.6) is 0 Å². The Balaban J connectivity index is 1.32. The van der Waals surface area contributed by atoms with Crippen LogP contribution in [0.15, 0.2) is 34.9 Å². The van der Waals surface area contributed by atoms with Gasteiger partial charge in [-0.05, 0) is 37.8 Å². The van der Waals surface area contributed by atoms with Crippen molar-refractivity contribution in [2.24, 2.45) is 0 Å². The fourth-order valence-electron chi connectivity index (χ4n) is 4.05. The molecular formula is C22H27N5O. The van der Waals surface area contributed by atoms with E-state index < -0.39 is 0 Å². The van der Waals surface area contributed by atoms with Crippen LogP contribution < -0.4 is 4.90 Å². The molecule has 0 spiro atoms. The summed E-state index contributed by atoms with van der Waals surface area (Å²) in [7, 11) is 0. The largest absolute Gasteiger partial charge is 0.370 e. The lowest BCUT2D eigenvalue weighted by Gasteiger charge is -2.25. The third-order valence-electron chi connectivity index (χ3n) is 5.81. The highest BCUT2D eigenvalue weighted by molar-refractivity contribution is 5.92. The Morgan fingerprint density at radius 2 is 1.96 bits per heavy atom. The van der Waals surface area contributed by atoms with E-state index in [1.807, 2.05) is 0 Å². The zero-order valence-corrected chi connectivity index (χ0v) is 16.5. The lowest BCUT2D eigenvalue weighted by molar-refractivity contribution is 0.271. The van der Waals surface area contributed by atoms with Crippen molar-refractivity contribution in [3.63, 3.8) is 0 Å². The Kier molecular flexibility index (Phi) is 4.72. The first kappa shape index (κ1) is 17.6. The van der Waals surface area contributed by atoms with Crippen molar-refractivity contribution in [3.8, 4) is 0 Å². The van der Waals surface area contributed by atoms with E-state index in [0.717, 1.165) is 68.5 Å². The van der Waals surface area contributed by atoms with Crippen molar-refractivity contribution < 1.29 is 4.52 Å². The third-order valence-corrected chi connectivity index (χ3v) is 5.81. The van der Waals surface area contributed by atoms with E-state index in [1.165, 1.54) is 23.9 Å². The molecule has 0 amide bonds. The second-order valence-corrected chi connectivity index (χ2v) is 7.94. The molecule has 6 nitrogen and oxygen atoms in total. The van der Waals surface area contributed by atoms with Gasteiger partial charge in [-0.1, -0.05) is 30.3 Å². The van der Waals surface area contributed by atoms with Gasteiger partial charge in [0.15, 0.2) is 5.82 Å². The normalized spacial score (nSPS) is 18.5. The van der Waals surface area contributed by atoms with E-state index in [1.54, 1.807) is 0 Å². The van der Waals surface area contributed by atoms with Crippen molar-refractivity contribution in [2.75, 3.05) is 31.1 Å². The number of benzene rings is 1. The van der Waals surface area contributed by atoms with Crippen LogP contribution in [0.2, 0.25) is 0 Å². The molecule has 0 unspecified atom stereocenters. The van der Waals surface area contributed by atoms with Gasteiger partial charge in [0.05, 0.1) is 12.1 Å². The molecule has 0 atom stereocenters. The SMILES string of the molecule is CCc1cc(N2CCCN(Cc3noc(C4CC4)n3)CC2)c2ccccc2n1. The molecule has 1 saturated carbocycles.